The summed E-state index contributed by atoms with van der Waals surface area (Å²) in [6.45, 7) is 6.91. The lowest BCUT2D eigenvalue weighted by molar-refractivity contribution is 0.0207. The van der Waals surface area contributed by atoms with Gasteiger partial charge in [-0.2, -0.15) is 0 Å². The quantitative estimate of drug-likeness (QED) is 0.797. The van der Waals surface area contributed by atoms with Gasteiger partial charge in [0.25, 0.3) is 0 Å². The zero-order chi connectivity index (χ0) is 14.5. The fourth-order valence-electron chi connectivity index (χ4n) is 2.27. The van der Waals surface area contributed by atoms with E-state index in [0.717, 1.165) is 32.7 Å². The summed E-state index contributed by atoms with van der Waals surface area (Å²) < 4.78 is 5.47. The lowest BCUT2D eigenvalue weighted by Gasteiger charge is -2.33. The van der Waals surface area contributed by atoms with Gasteiger partial charge in [-0.15, -0.1) is 0 Å². The van der Waals surface area contributed by atoms with E-state index in [9.17, 15) is 4.79 Å². The Labute approximate surface area is 125 Å². The van der Waals surface area contributed by atoms with E-state index in [4.69, 9.17) is 16.3 Å². The minimum Gasteiger partial charge on any atom is -0.458 e. The van der Waals surface area contributed by atoms with Gasteiger partial charge >= 0.3 is 5.97 Å². The van der Waals surface area contributed by atoms with Crippen LogP contribution in [0.15, 0.2) is 24.3 Å². The molecule has 1 aromatic rings. The highest BCUT2D eigenvalue weighted by atomic mass is 35.5. The molecule has 1 atom stereocenters. The van der Waals surface area contributed by atoms with Crippen molar-refractivity contribution >= 4 is 17.6 Å². The molecular weight excluding hydrogens is 276 g/mol. The number of ether oxygens (including phenoxy) is 1. The van der Waals surface area contributed by atoms with Gasteiger partial charge in [0.05, 0.1) is 5.56 Å². The lowest BCUT2D eigenvalue weighted by atomic mass is 10.2. The van der Waals surface area contributed by atoms with E-state index in [2.05, 4.69) is 16.8 Å². The van der Waals surface area contributed by atoms with Crippen LogP contribution in [0, 0.1) is 0 Å². The first-order chi connectivity index (χ1) is 9.54. The van der Waals surface area contributed by atoms with Crippen molar-refractivity contribution in [2.45, 2.75) is 13.0 Å². The van der Waals surface area contributed by atoms with Crippen LogP contribution >= 0.6 is 11.6 Å². The van der Waals surface area contributed by atoms with E-state index >= 15 is 0 Å². The van der Waals surface area contributed by atoms with Crippen LogP contribution in [0.2, 0.25) is 5.02 Å². The lowest BCUT2D eigenvalue weighted by Crippen LogP contribution is -2.47. The average molecular weight is 297 g/mol. The molecule has 0 N–H and O–H groups in total. The second-order valence-electron chi connectivity index (χ2n) is 5.33. The number of halogens is 1. The molecule has 20 heavy (non-hydrogen) atoms. The number of piperazine rings is 1. The number of hydrogen-bond donors (Lipinski definition) is 0. The maximum Gasteiger partial charge on any atom is 0.338 e. The van der Waals surface area contributed by atoms with Crippen molar-refractivity contribution < 1.29 is 9.53 Å². The third kappa shape index (κ3) is 4.47. The number of esters is 1. The zero-order valence-electron chi connectivity index (χ0n) is 12.0. The van der Waals surface area contributed by atoms with Crippen LogP contribution < -0.4 is 0 Å². The molecular formula is C15H21ClN2O2. The van der Waals surface area contributed by atoms with Crippen molar-refractivity contribution in [3.63, 3.8) is 0 Å². The standard InChI is InChI=1S/C15H21ClN2O2/c1-12(11-18-9-7-17(2)8-10-18)20-15(19)13-3-5-14(16)6-4-13/h3-6,12H,7-11H2,1-2H3/t12-/m0/s1. The molecule has 1 aliphatic rings. The molecule has 1 saturated heterocycles. The summed E-state index contributed by atoms with van der Waals surface area (Å²) in [5, 5.41) is 0.618. The van der Waals surface area contributed by atoms with Gasteiger partial charge in [0.2, 0.25) is 0 Å². The first-order valence-electron chi connectivity index (χ1n) is 6.92. The third-order valence-electron chi connectivity index (χ3n) is 3.50. The molecule has 5 heteroatoms. The molecule has 0 bridgehead atoms. The van der Waals surface area contributed by atoms with Crippen LogP contribution in [0.5, 0.6) is 0 Å². The van der Waals surface area contributed by atoms with Crippen LogP contribution in [-0.2, 0) is 4.74 Å². The Hall–Kier alpha value is -1.10. The van der Waals surface area contributed by atoms with Gasteiger partial charge in [0.15, 0.2) is 0 Å². The topological polar surface area (TPSA) is 32.8 Å². The fourth-order valence-corrected chi connectivity index (χ4v) is 2.39. The molecule has 0 unspecified atom stereocenters. The van der Waals surface area contributed by atoms with Crippen LogP contribution in [0.1, 0.15) is 17.3 Å². The summed E-state index contributed by atoms with van der Waals surface area (Å²) in [5.41, 5.74) is 0.541. The second kappa shape index (κ2) is 7.07. The molecule has 0 radical (unpaired) electrons. The Kier molecular flexibility index (Phi) is 5.40. The summed E-state index contributed by atoms with van der Waals surface area (Å²) in [6, 6.07) is 6.77. The summed E-state index contributed by atoms with van der Waals surface area (Å²) >= 11 is 5.80. The number of carbonyl (C=O) groups excluding carboxylic acids is 1. The van der Waals surface area contributed by atoms with Gasteiger partial charge in [0.1, 0.15) is 6.10 Å². The molecule has 110 valence electrons. The van der Waals surface area contributed by atoms with E-state index in [1.807, 2.05) is 6.92 Å². The first-order valence-corrected chi connectivity index (χ1v) is 7.30. The zero-order valence-corrected chi connectivity index (χ0v) is 12.8. The van der Waals surface area contributed by atoms with Crippen molar-refractivity contribution in [2.24, 2.45) is 0 Å². The molecule has 0 aliphatic carbocycles. The molecule has 0 saturated carbocycles. The summed E-state index contributed by atoms with van der Waals surface area (Å²) in [5.74, 6) is -0.289. The molecule has 0 amide bonds. The summed E-state index contributed by atoms with van der Waals surface area (Å²) in [4.78, 5) is 16.6. The molecule has 1 heterocycles. The largest absolute Gasteiger partial charge is 0.458 e. The maximum absolute atomic E-state index is 12.0. The highest BCUT2D eigenvalue weighted by molar-refractivity contribution is 6.30. The average Bonchev–Trinajstić information content (AvgIpc) is 2.42. The Bertz CT molecular complexity index is 442. The Morgan fingerprint density at radius 3 is 2.45 bits per heavy atom. The Morgan fingerprint density at radius 2 is 1.85 bits per heavy atom. The summed E-state index contributed by atoms with van der Waals surface area (Å²) in [6.07, 6.45) is -0.110. The highest BCUT2D eigenvalue weighted by Crippen LogP contribution is 2.11. The van der Waals surface area contributed by atoms with Crippen molar-refractivity contribution in [3.8, 4) is 0 Å². The number of rotatable bonds is 4. The predicted octanol–water partition coefficient (Wildman–Crippen LogP) is 2.13. The SMILES string of the molecule is C[C@@H](CN1CCN(C)CC1)OC(=O)c1ccc(Cl)cc1. The number of benzene rings is 1. The van der Waals surface area contributed by atoms with Gasteiger partial charge in [-0.1, -0.05) is 11.6 Å². The molecule has 1 aliphatic heterocycles. The van der Waals surface area contributed by atoms with E-state index in [0.29, 0.717) is 10.6 Å². The summed E-state index contributed by atoms with van der Waals surface area (Å²) in [7, 11) is 2.13. The minimum absolute atomic E-state index is 0.110. The van der Waals surface area contributed by atoms with Crippen molar-refractivity contribution in [3.05, 3.63) is 34.9 Å². The normalized spacial score (nSPS) is 18.8. The number of carbonyl (C=O) groups is 1. The van der Waals surface area contributed by atoms with Crippen LogP contribution in [0.4, 0.5) is 0 Å². The van der Waals surface area contributed by atoms with E-state index < -0.39 is 0 Å². The molecule has 1 aromatic carbocycles. The molecule has 0 aromatic heterocycles. The Morgan fingerprint density at radius 1 is 1.25 bits per heavy atom. The van der Waals surface area contributed by atoms with Gasteiger partial charge < -0.3 is 9.64 Å². The van der Waals surface area contributed by atoms with E-state index in [1.54, 1.807) is 24.3 Å². The third-order valence-corrected chi connectivity index (χ3v) is 3.75. The van der Waals surface area contributed by atoms with Crippen LogP contribution in [0.3, 0.4) is 0 Å². The smallest absolute Gasteiger partial charge is 0.338 e. The number of likely N-dealkylation sites (N-methyl/N-ethyl adjacent to an activating group) is 1. The highest BCUT2D eigenvalue weighted by Gasteiger charge is 2.18. The van der Waals surface area contributed by atoms with Gasteiger partial charge in [-0.25, -0.2) is 4.79 Å². The number of hydrogen-bond acceptors (Lipinski definition) is 4. The maximum atomic E-state index is 12.0. The van der Waals surface area contributed by atoms with Crippen molar-refractivity contribution in [1.29, 1.82) is 0 Å². The van der Waals surface area contributed by atoms with Crippen LogP contribution in [0.25, 0.3) is 0 Å². The predicted molar refractivity (Wildman–Crippen MR) is 80.3 cm³/mol. The van der Waals surface area contributed by atoms with Crippen molar-refractivity contribution in [1.82, 2.24) is 9.80 Å². The van der Waals surface area contributed by atoms with Gasteiger partial charge in [0, 0.05) is 37.7 Å². The van der Waals surface area contributed by atoms with Crippen LogP contribution in [-0.4, -0.2) is 61.6 Å². The van der Waals surface area contributed by atoms with Gasteiger partial charge in [-0.05, 0) is 38.2 Å². The van der Waals surface area contributed by atoms with E-state index in [-0.39, 0.29) is 12.1 Å². The minimum atomic E-state index is -0.289. The van der Waals surface area contributed by atoms with Gasteiger partial charge in [-0.3, -0.25) is 4.90 Å². The molecule has 2 rings (SSSR count). The molecule has 4 nitrogen and oxygen atoms in total. The van der Waals surface area contributed by atoms with Crippen molar-refractivity contribution in [2.75, 3.05) is 39.8 Å². The monoisotopic (exact) mass is 296 g/mol. The number of nitrogens with zero attached hydrogens (tertiary/aromatic N) is 2. The molecule has 0 spiro atoms. The second-order valence-corrected chi connectivity index (χ2v) is 5.76. The fraction of sp³-hybridized carbons (Fsp3) is 0.533. The molecule has 1 fully saturated rings. The Balaban J connectivity index is 1.80. The van der Waals surface area contributed by atoms with E-state index in [1.165, 1.54) is 0 Å². The first kappa shape index (κ1) is 15.3.